The molecule has 6 heteroatoms. The van der Waals surface area contributed by atoms with Gasteiger partial charge in [-0.1, -0.05) is 0 Å². The highest BCUT2D eigenvalue weighted by Gasteiger charge is 2.23. The van der Waals surface area contributed by atoms with Gasteiger partial charge in [0.15, 0.2) is 6.54 Å². The van der Waals surface area contributed by atoms with Crippen LogP contribution < -0.4 is 22.7 Å². The number of hydrogen-bond donors (Lipinski definition) is 2. The van der Waals surface area contributed by atoms with Crippen molar-refractivity contribution in [3.63, 3.8) is 0 Å². The molecule has 1 unspecified atom stereocenters. The van der Waals surface area contributed by atoms with Crippen molar-refractivity contribution >= 4 is 11.7 Å². The lowest BCUT2D eigenvalue weighted by Gasteiger charge is -2.18. The van der Waals surface area contributed by atoms with E-state index >= 15 is 0 Å². The van der Waals surface area contributed by atoms with E-state index in [0.717, 1.165) is 16.3 Å². The first-order chi connectivity index (χ1) is 7.70. The monoisotopic (exact) mass is 250 g/mol. The van der Waals surface area contributed by atoms with E-state index in [1.807, 2.05) is 19.2 Å². The summed E-state index contributed by atoms with van der Waals surface area (Å²) in [5.41, 5.74) is 3.98. The highest BCUT2D eigenvalue weighted by Crippen LogP contribution is 2.02. The van der Waals surface area contributed by atoms with Crippen molar-refractivity contribution < 1.29 is 22.1 Å². The topological polar surface area (TPSA) is 69.7 Å². The normalized spacial score (nSPS) is 18.5. The van der Waals surface area contributed by atoms with E-state index in [1.165, 1.54) is 0 Å². The van der Waals surface area contributed by atoms with Crippen LogP contribution in [-0.2, 0) is 4.79 Å². The number of amides is 1. The number of nitrogens with one attached hydrogen (secondary N) is 2. The number of quaternary nitrogens is 1. The molecule has 1 atom stereocenters. The van der Waals surface area contributed by atoms with Crippen molar-refractivity contribution in [3.8, 4) is 6.07 Å². The zero-order valence-electron chi connectivity index (χ0n) is 9.20. The Balaban J connectivity index is 0.00000144. The Morgan fingerprint density at radius 2 is 2.06 bits per heavy atom. The number of benzene rings is 1. The lowest BCUT2D eigenvalue weighted by molar-refractivity contribution is -0.774. The Hall–Kier alpha value is -1.90. The highest BCUT2D eigenvalue weighted by atomic mass is 35.5. The third kappa shape index (κ3) is 2.81. The largest absolute Gasteiger partial charge is 1.00 e. The molecule has 0 saturated heterocycles. The minimum absolute atomic E-state index is 0. The van der Waals surface area contributed by atoms with E-state index in [0.29, 0.717) is 12.1 Å². The summed E-state index contributed by atoms with van der Waals surface area (Å²) in [6.45, 7) is 0.374. The molecule has 0 fully saturated rings. The first-order valence-corrected chi connectivity index (χ1v) is 4.90. The van der Waals surface area contributed by atoms with Crippen LogP contribution in [0, 0.1) is 11.3 Å². The van der Waals surface area contributed by atoms with Crippen LogP contribution in [0.5, 0.6) is 0 Å². The van der Waals surface area contributed by atoms with Crippen LogP contribution in [0.1, 0.15) is 11.1 Å². The maximum atomic E-state index is 11.1. The SMILES string of the molecule is C[NH+]1CC(=O)NN=C1c1ccc(C#N)cc1.[Cl-]. The molecule has 1 aliphatic rings. The fourth-order valence-corrected chi connectivity index (χ4v) is 1.59. The summed E-state index contributed by atoms with van der Waals surface area (Å²) in [6.07, 6.45) is 0. The molecule has 1 aromatic rings. The fourth-order valence-electron chi connectivity index (χ4n) is 1.59. The molecule has 0 aromatic heterocycles. The molecular formula is C11H11ClN4O. The Morgan fingerprint density at radius 1 is 1.41 bits per heavy atom. The maximum absolute atomic E-state index is 11.1. The molecule has 0 aliphatic carbocycles. The minimum Gasteiger partial charge on any atom is -1.00 e. The molecule has 1 amide bonds. The van der Waals surface area contributed by atoms with E-state index < -0.39 is 0 Å². The Bertz CT molecular complexity index is 489. The summed E-state index contributed by atoms with van der Waals surface area (Å²) in [7, 11) is 1.88. The standard InChI is InChI=1S/C11H10N4O.ClH/c1-15-7-10(16)13-14-11(15)9-4-2-8(6-12)3-5-9;/h2-5H,7H2,1H3,(H,13,16);1H. The van der Waals surface area contributed by atoms with Crippen molar-refractivity contribution in [1.29, 1.82) is 5.26 Å². The van der Waals surface area contributed by atoms with Gasteiger partial charge in [-0.2, -0.15) is 5.26 Å². The average Bonchev–Trinajstić information content (AvgIpc) is 2.29. The van der Waals surface area contributed by atoms with Crippen LogP contribution in [0.3, 0.4) is 0 Å². The molecule has 0 bridgehead atoms. The van der Waals surface area contributed by atoms with Gasteiger partial charge >= 0.3 is 0 Å². The molecular weight excluding hydrogens is 240 g/mol. The quantitative estimate of drug-likeness (QED) is 0.532. The smallest absolute Gasteiger partial charge is 0.295 e. The van der Waals surface area contributed by atoms with Gasteiger partial charge in [-0.25, -0.2) is 5.43 Å². The zero-order chi connectivity index (χ0) is 11.5. The molecule has 5 nitrogen and oxygen atoms in total. The summed E-state index contributed by atoms with van der Waals surface area (Å²) in [5, 5.41) is 12.7. The predicted molar refractivity (Wildman–Crippen MR) is 57.6 cm³/mol. The molecule has 2 rings (SSSR count). The summed E-state index contributed by atoms with van der Waals surface area (Å²) < 4.78 is 0. The second kappa shape index (κ2) is 5.43. The van der Waals surface area contributed by atoms with Gasteiger partial charge < -0.3 is 12.4 Å². The molecule has 2 N–H and O–H groups in total. The number of carbonyl (C=O) groups is 1. The van der Waals surface area contributed by atoms with Gasteiger partial charge in [0.2, 0.25) is 0 Å². The van der Waals surface area contributed by atoms with Crippen molar-refractivity contribution in [2.45, 2.75) is 0 Å². The second-order valence-electron chi connectivity index (χ2n) is 3.64. The van der Waals surface area contributed by atoms with Gasteiger partial charge in [-0.05, 0) is 24.3 Å². The molecule has 0 spiro atoms. The summed E-state index contributed by atoms with van der Waals surface area (Å²) in [5.74, 6) is 0.694. The van der Waals surface area contributed by atoms with Gasteiger partial charge in [-0.15, -0.1) is 5.10 Å². The lowest BCUT2D eigenvalue weighted by Crippen LogP contribution is -3.14. The number of rotatable bonds is 1. The van der Waals surface area contributed by atoms with E-state index in [2.05, 4.69) is 16.6 Å². The number of halogens is 1. The van der Waals surface area contributed by atoms with Crippen LogP contribution in [0.4, 0.5) is 0 Å². The van der Waals surface area contributed by atoms with Gasteiger partial charge in [0, 0.05) is 0 Å². The first kappa shape index (κ1) is 13.2. The predicted octanol–water partition coefficient (Wildman–Crippen LogP) is -4.13. The van der Waals surface area contributed by atoms with Crippen molar-refractivity contribution in [2.75, 3.05) is 13.6 Å². The van der Waals surface area contributed by atoms with Crippen molar-refractivity contribution in [1.82, 2.24) is 5.43 Å². The molecule has 0 radical (unpaired) electrons. The molecule has 0 saturated carbocycles. The average molecular weight is 251 g/mol. The number of nitriles is 1. The highest BCUT2D eigenvalue weighted by molar-refractivity contribution is 5.95. The zero-order valence-corrected chi connectivity index (χ0v) is 9.95. The van der Waals surface area contributed by atoms with Crippen LogP contribution in [0.25, 0.3) is 0 Å². The first-order valence-electron chi connectivity index (χ1n) is 4.90. The fraction of sp³-hybridized carbons (Fsp3) is 0.182. The number of carbonyl (C=O) groups excluding carboxylic acids is 1. The number of likely N-dealkylation sites (N-methyl/N-ethyl adjacent to an activating group) is 1. The van der Waals surface area contributed by atoms with Gasteiger partial charge in [0.25, 0.3) is 11.7 Å². The second-order valence-corrected chi connectivity index (χ2v) is 3.64. The van der Waals surface area contributed by atoms with Gasteiger partial charge in [0.1, 0.15) is 0 Å². The van der Waals surface area contributed by atoms with Crippen LogP contribution in [0.15, 0.2) is 29.4 Å². The third-order valence-electron chi connectivity index (χ3n) is 2.41. The third-order valence-corrected chi connectivity index (χ3v) is 2.41. The van der Waals surface area contributed by atoms with E-state index in [1.54, 1.807) is 12.1 Å². The Morgan fingerprint density at radius 3 is 2.59 bits per heavy atom. The summed E-state index contributed by atoms with van der Waals surface area (Å²) in [4.78, 5) is 12.0. The Labute approximate surface area is 105 Å². The maximum Gasteiger partial charge on any atom is 0.295 e. The molecule has 1 heterocycles. The molecule has 88 valence electrons. The van der Waals surface area contributed by atoms with Gasteiger partial charge in [0.05, 0.1) is 24.2 Å². The van der Waals surface area contributed by atoms with E-state index in [-0.39, 0.29) is 18.3 Å². The van der Waals surface area contributed by atoms with Crippen molar-refractivity contribution in [2.24, 2.45) is 5.10 Å². The summed E-state index contributed by atoms with van der Waals surface area (Å²) >= 11 is 0. The molecule has 1 aliphatic heterocycles. The van der Waals surface area contributed by atoms with Gasteiger partial charge in [-0.3, -0.25) is 9.69 Å². The Kier molecular flexibility index (Phi) is 4.21. The summed E-state index contributed by atoms with van der Waals surface area (Å²) in [6, 6.07) is 9.20. The van der Waals surface area contributed by atoms with Crippen LogP contribution >= 0.6 is 0 Å². The van der Waals surface area contributed by atoms with Crippen LogP contribution in [-0.4, -0.2) is 25.3 Å². The number of amidine groups is 1. The minimum atomic E-state index is -0.0881. The van der Waals surface area contributed by atoms with E-state index in [4.69, 9.17) is 5.26 Å². The lowest BCUT2D eigenvalue weighted by atomic mass is 10.1. The van der Waals surface area contributed by atoms with Crippen molar-refractivity contribution in [3.05, 3.63) is 35.4 Å². The van der Waals surface area contributed by atoms with E-state index in [9.17, 15) is 4.79 Å². The number of hydrazone groups is 1. The molecule has 17 heavy (non-hydrogen) atoms. The van der Waals surface area contributed by atoms with Crippen LogP contribution in [0.2, 0.25) is 0 Å². The molecule has 1 aromatic carbocycles. The number of nitrogens with zero attached hydrogens (tertiary/aromatic N) is 2. The number of hydrogen-bond acceptors (Lipinski definition) is 3.